The van der Waals surface area contributed by atoms with Gasteiger partial charge in [0, 0.05) is 25.6 Å². The number of benzene rings is 1. The van der Waals surface area contributed by atoms with Crippen LogP contribution >= 0.6 is 0 Å². The van der Waals surface area contributed by atoms with Crippen molar-refractivity contribution in [2.45, 2.75) is 26.7 Å². The number of hydrogen-bond acceptors (Lipinski definition) is 3. The van der Waals surface area contributed by atoms with E-state index in [9.17, 15) is 9.59 Å². The number of methoxy groups -OCH3 is 1. The van der Waals surface area contributed by atoms with E-state index in [4.69, 9.17) is 4.74 Å². The Morgan fingerprint density at radius 3 is 2.78 bits per heavy atom. The zero-order valence-electron chi connectivity index (χ0n) is 14.2. The Bertz CT molecular complexity index is 557. The van der Waals surface area contributed by atoms with Crippen molar-refractivity contribution in [2.75, 3.05) is 26.7 Å². The Labute approximate surface area is 138 Å². The van der Waals surface area contributed by atoms with Gasteiger partial charge in [0.25, 0.3) is 5.91 Å². The van der Waals surface area contributed by atoms with E-state index in [1.54, 1.807) is 19.2 Å². The Morgan fingerprint density at radius 1 is 1.35 bits per heavy atom. The molecule has 0 aliphatic carbocycles. The van der Waals surface area contributed by atoms with Gasteiger partial charge in [-0.15, -0.1) is 0 Å². The molecule has 1 atom stereocenters. The van der Waals surface area contributed by atoms with Crippen molar-refractivity contribution in [2.24, 2.45) is 11.8 Å². The van der Waals surface area contributed by atoms with Gasteiger partial charge in [-0.25, -0.2) is 0 Å². The van der Waals surface area contributed by atoms with Gasteiger partial charge in [0.15, 0.2) is 0 Å². The lowest BCUT2D eigenvalue weighted by molar-refractivity contribution is -0.124. The third-order valence-electron chi connectivity index (χ3n) is 4.23. The molecule has 2 amide bonds. The number of piperidine rings is 1. The van der Waals surface area contributed by atoms with E-state index in [1.807, 2.05) is 30.9 Å². The van der Waals surface area contributed by atoms with E-state index in [2.05, 4.69) is 5.32 Å². The van der Waals surface area contributed by atoms with Crippen LogP contribution in [0.4, 0.5) is 0 Å². The number of nitrogens with one attached hydrogen (secondary N) is 1. The van der Waals surface area contributed by atoms with Crippen LogP contribution in [0.2, 0.25) is 0 Å². The van der Waals surface area contributed by atoms with Crippen molar-refractivity contribution in [3.8, 4) is 5.75 Å². The number of nitrogens with zero attached hydrogens (tertiary/aromatic N) is 1. The lowest BCUT2D eigenvalue weighted by Gasteiger charge is -2.33. The molecule has 126 valence electrons. The van der Waals surface area contributed by atoms with Crippen LogP contribution in [-0.4, -0.2) is 43.5 Å². The summed E-state index contributed by atoms with van der Waals surface area (Å²) in [7, 11) is 1.58. The molecule has 1 N–H and O–H groups in total. The van der Waals surface area contributed by atoms with E-state index in [0.717, 1.165) is 19.4 Å². The van der Waals surface area contributed by atoms with Crippen LogP contribution in [0.15, 0.2) is 24.3 Å². The second kappa shape index (κ2) is 7.99. The van der Waals surface area contributed by atoms with Crippen LogP contribution in [0, 0.1) is 11.8 Å². The monoisotopic (exact) mass is 318 g/mol. The van der Waals surface area contributed by atoms with Gasteiger partial charge < -0.3 is 15.0 Å². The van der Waals surface area contributed by atoms with Crippen LogP contribution < -0.4 is 10.1 Å². The summed E-state index contributed by atoms with van der Waals surface area (Å²) < 4.78 is 5.28. The standard InChI is InChI=1S/C18H26N2O3/c1-13(2)17(21)19-11-14-7-6-10-20(12-14)18(22)15-8-4-5-9-16(15)23-3/h4-5,8-9,13-14H,6-7,10-12H2,1-3H3,(H,19,21)/t14-/m1/s1. The number of likely N-dealkylation sites (tertiary alicyclic amines) is 1. The predicted octanol–water partition coefficient (Wildman–Crippen LogP) is 2.32. The Kier molecular flexibility index (Phi) is 6.02. The smallest absolute Gasteiger partial charge is 0.257 e. The van der Waals surface area contributed by atoms with E-state index < -0.39 is 0 Å². The molecule has 0 saturated carbocycles. The Balaban J connectivity index is 1.97. The zero-order chi connectivity index (χ0) is 16.8. The van der Waals surface area contributed by atoms with Gasteiger partial charge in [-0.05, 0) is 30.9 Å². The average Bonchev–Trinajstić information content (AvgIpc) is 2.59. The first kappa shape index (κ1) is 17.3. The topological polar surface area (TPSA) is 58.6 Å². The first-order valence-electron chi connectivity index (χ1n) is 8.23. The van der Waals surface area contributed by atoms with E-state index in [1.165, 1.54) is 0 Å². The van der Waals surface area contributed by atoms with Crippen molar-refractivity contribution in [3.05, 3.63) is 29.8 Å². The molecule has 2 rings (SSSR count). The fourth-order valence-corrected chi connectivity index (χ4v) is 2.86. The SMILES string of the molecule is COc1ccccc1C(=O)N1CCC[C@H](CNC(=O)C(C)C)C1. The summed E-state index contributed by atoms with van der Waals surface area (Å²) >= 11 is 0. The maximum absolute atomic E-state index is 12.7. The Hall–Kier alpha value is -2.04. The van der Waals surface area contributed by atoms with Gasteiger partial charge in [0.2, 0.25) is 5.91 Å². The molecule has 0 radical (unpaired) electrons. The van der Waals surface area contributed by atoms with E-state index >= 15 is 0 Å². The molecule has 0 bridgehead atoms. The molecule has 5 nitrogen and oxygen atoms in total. The summed E-state index contributed by atoms with van der Waals surface area (Å²) in [5, 5.41) is 2.97. The number of carbonyl (C=O) groups is 2. The number of hydrogen-bond donors (Lipinski definition) is 1. The second-order valence-electron chi connectivity index (χ2n) is 6.36. The molecule has 0 unspecified atom stereocenters. The van der Waals surface area contributed by atoms with E-state index in [-0.39, 0.29) is 17.7 Å². The highest BCUT2D eigenvalue weighted by Gasteiger charge is 2.26. The van der Waals surface area contributed by atoms with Crippen LogP contribution in [0.25, 0.3) is 0 Å². The maximum Gasteiger partial charge on any atom is 0.257 e. The summed E-state index contributed by atoms with van der Waals surface area (Å²) in [5.41, 5.74) is 0.599. The van der Waals surface area contributed by atoms with E-state index in [0.29, 0.717) is 30.3 Å². The molecular weight excluding hydrogens is 292 g/mol. The van der Waals surface area contributed by atoms with Gasteiger partial charge in [-0.2, -0.15) is 0 Å². The number of para-hydroxylation sites is 1. The van der Waals surface area contributed by atoms with Crippen molar-refractivity contribution < 1.29 is 14.3 Å². The molecule has 1 fully saturated rings. The highest BCUT2D eigenvalue weighted by molar-refractivity contribution is 5.97. The van der Waals surface area contributed by atoms with Gasteiger partial charge >= 0.3 is 0 Å². The lowest BCUT2D eigenvalue weighted by atomic mass is 9.97. The molecule has 0 aromatic heterocycles. The quantitative estimate of drug-likeness (QED) is 0.906. The highest BCUT2D eigenvalue weighted by Crippen LogP contribution is 2.23. The first-order chi connectivity index (χ1) is 11.0. The largest absolute Gasteiger partial charge is 0.496 e. The number of ether oxygens (including phenoxy) is 1. The van der Waals surface area contributed by atoms with Gasteiger partial charge in [0.1, 0.15) is 5.75 Å². The highest BCUT2D eigenvalue weighted by atomic mass is 16.5. The normalized spacial score (nSPS) is 17.9. The molecule has 1 aromatic carbocycles. The number of amides is 2. The molecule has 5 heteroatoms. The van der Waals surface area contributed by atoms with Crippen molar-refractivity contribution in [1.82, 2.24) is 10.2 Å². The van der Waals surface area contributed by atoms with Crippen molar-refractivity contribution >= 4 is 11.8 Å². The molecule has 0 spiro atoms. The minimum absolute atomic E-state index is 0.00216. The molecule has 1 aliphatic heterocycles. The molecule has 23 heavy (non-hydrogen) atoms. The number of carbonyl (C=O) groups excluding carboxylic acids is 2. The summed E-state index contributed by atoms with van der Waals surface area (Å²) in [4.78, 5) is 26.3. The van der Waals surface area contributed by atoms with Gasteiger partial charge in [-0.1, -0.05) is 26.0 Å². The first-order valence-corrected chi connectivity index (χ1v) is 8.23. The molecule has 1 aromatic rings. The Morgan fingerprint density at radius 2 is 2.09 bits per heavy atom. The van der Waals surface area contributed by atoms with Crippen LogP contribution in [-0.2, 0) is 4.79 Å². The third kappa shape index (κ3) is 4.47. The third-order valence-corrected chi connectivity index (χ3v) is 4.23. The lowest BCUT2D eigenvalue weighted by Crippen LogP contribution is -2.44. The zero-order valence-corrected chi connectivity index (χ0v) is 14.2. The fourth-order valence-electron chi connectivity index (χ4n) is 2.86. The van der Waals surface area contributed by atoms with Crippen molar-refractivity contribution in [1.29, 1.82) is 0 Å². The summed E-state index contributed by atoms with van der Waals surface area (Å²) in [5.74, 6) is 0.975. The summed E-state index contributed by atoms with van der Waals surface area (Å²) in [6.45, 7) is 5.83. The predicted molar refractivity (Wildman–Crippen MR) is 89.5 cm³/mol. The molecule has 1 saturated heterocycles. The van der Waals surface area contributed by atoms with Gasteiger partial charge in [-0.3, -0.25) is 9.59 Å². The maximum atomic E-state index is 12.7. The van der Waals surface area contributed by atoms with Crippen LogP contribution in [0.5, 0.6) is 5.75 Å². The van der Waals surface area contributed by atoms with Crippen molar-refractivity contribution in [3.63, 3.8) is 0 Å². The summed E-state index contributed by atoms with van der Waals surface area (Å²) in [6.07, 6.45) is 2.00. The fraction of sp³-hybridized carbons (Fsp3) is 0.556. The molecular formula is C18H26N2O3. The molecule has 1 heterocycles. The molecule has 1 aliphatic rings. The number of rotatable bonds is 5. The van der Waals surface area contributed by atoms with Gasteiger partial charge in [0.05, 0.1) is 12.7 Å². The minimum atomic E-state index is -0.00935. The average molecular weight is 318 g/mol. The van der Waals surface area contributed by atoms with Crippen LogP contribution in [0.3, 0.4) is 0 Å². The minimum Gasteiger partial charge on any atom is -0.496 e. The second-order valence-corrected chi connectivity index (χ2v) is 6.36. The summed E-state index contributed by atoms with van der Waals surface area (Å²) in [6, 6.07) is 7.30. The van der Waals surface area contributed by atoms with Crippen LogP contribution in [0.1, 0.15) is 37.0 Å².